The Bertz CT molecular complexity index is 321. The van der Waals surface area contributed by atoms with Gasteiger partial charge in [-0.15, -0.1) is 0 Å². The van der Waals surface area contributed by atoms with E-state index >= 15 is 0 Å². The third kappa shape index (κ3) is 7.31. The molecule has 1 N–H and O–H groups in total. The molecule has 1 aromatic heterocycles. The van der Waals surface area contributed by atoms with Gasteiger partial charge in [-0.2, -0.15) is 0 Å². The van der Waals surface area contributed by atoms with Crippen molar-refractivity contribution >= 4 is 0 Å². The van der Waals surface area contributed by atoms with Gasteiger partial charge in [-0.05, 0) is 24.5 Å². The summed E-state index contributed by atoms with van der Waals surface area (Å²) in [6.45, 7) is 4.37. The predicted octanol–water partition coefficient (Wildman–Crippen LogP) is 4.30. The first-order valence-electron chi connectivity index (χ1n) is 7.88. The fourth-order valence-corrected chi connectivity index (χ4v) is 2.29. The molecule has 0 aliphatic heterocycles. The lowest BCUT2D eigenvalue weighted by molar-refractivity contribution is 0.159. The summed E-state index contributed by atoms with van der Waals surface area (Å²) in [5.41, 5.74) is 2.27. The van der Waals surface area contributed by atoms with Crippen LogP contribution in [0.2, 0.25) is 0 Å². The number of aliphatic hydroxyl groups excluding tert-OH is 1. The second-order valence-electron chi connectivity index (χ2n) is 5.43. The molecule has 0 saturated heterocycles. The number of hydrogen-bond donors (Lipinski definition) is 1. The van der Waals surface area contributed by atoms with Gasteiger partial charge in [0.1, 0.15) is 0 Å². The highest BCUT2D eigenvalue weighted by Gasteiger charge is 2.06. The maximum Gasteiger partial charge on any atom is 0.0595 e. The highest BCUT2D eigenvalue weighted by Crippen LogP contribution is 2.11. The van der Waals surface area contributed by atoms with Crippen LogP contribution in [0.15, 0.2) is 18.3 Å². The number of unbranched alkanes of at least 4 members (excludes halogenated alkanes) is 5. The number of aromatic nitrogens is 1. The molecule has 0 radical (unpaired) electrons. The minimum absolute atomic E-state index is 0.230. The number of aryl methyl sites for hydroxylation is 1. The van der Waals surface area contributed by atoms with Crippen LogP contribution in [0, 0.1) is 0 Å². The van der Waals surface area contributed by atoms with Crippen LogP contribution in [0.5, 0.6) is 0 Å². The molecule has 1 atom stereocenters. The molecular weight excluding hydrogens is 234 g/mol. The van der Waals surface area contributed by atoms with Gasteiger partial charge >= 0.3 is 0 Å². The summed E-state index contributed by atoms with van der Waals surface area (Å²) in [6.07, 6.45) is 12.0. The highest BCUT2D eigenvalue weighted by molar-refractivity contribution is 5.14. The second-order valence-corrected chi connectivity index (χ2v) is 5.43. The molecule has 1 heterocycles. The van der Waals surface area contributed by atoms with Gasteiger partial charge < -0.3 is 5.11 Å². The normalized spacial score (nSPS) is 12.6. The summed E-state index contributed by atoms with van der Waals surface area (Å²) in [4.78, 5) is 4.40. The van der Waals surface area contributed by atoms with Crippen LogP contribution in [-0.2, 0) is 12.8 Å². The Hall–Kier alpha value is -0.890. The molecule has 0 bridgehead atoms. The number of hydrogen-bond acceptors (Lipinski definition) is 2. The van der Waals surface area contributed by atoms with Crippen LogP contribution >= 0.6 is 0 Å². The Balaban J connectivity index is 2.14. The van der Waals surface area contributed by atoms with E-state index in [-0.39, 0.29) is 6.10 Å². The Kier molecular flexibility index (Phi) is 8.48. The molecule has 0 fully saturated rings. The molecule has 0 saturated carbocycles. The fraction of sp³-hybridized carbons (Fsp3) is 0.706. The Morgan fingerprint density at radius 3 is 2.42 bits per heavy atom. The summed E-state index contributed by atoms with van der Waals surface area (Å²) in [5.74, 6) is 0. The topological polar surface area (TPSA) is 33.1 Å². The minimum atomic E-state index is -0.230. The van der Waals surface area contributed by atoms with E-state index in [4.69, 9.17) is 0 Å². The monoisotopic (exact) mass is 263 g/mol. The Morgan fingerprint density at radius 1 is 1.05 bits per heavy atom. The average Bonchev–Trinajstić information content (AvgIpc) is 2.43. The first kappa shape index (κ1) is 16.2. The van der Waals surface area contributed by atoms with E-state index in [2.05, 4.69) is 24.9 Å². The van der Waals surface area contributed by atoms with Crippen molar-refractivity contribution in [2.45, 2.75) is 77.7 Å². The van der Waals surface area contributed by atoms with Gasteiger partial charge in [0.25, 0.3) is 0 Å². The molecule has 0 aliphatic rings. The summed E-state index contributed by atoms with van der Waals surface area (Å²) in [7, 11) is 0. The van der Waals surface area contributed by atoms with Crippen molar-refractivity contribution in [1.29, 1.82) is 0 Å². The Morgan fingerprint density at radius 2 is 1.79 bits per heavy atom. The van der Waals surface area contributed by atoms with Crippen molar-refractivity contribution in [2.75, 3.05) is 0 Å². The summed E-state index contributed by atoms with van der Waals surface area (Å²) in [5, 5.41) is 9.99. The number of aliphatic hydroxyl groups is 1. The van der Waals surface area contributed by atoms with Crippen molar-refractivity contribution < 1.29 is 5.11 Å². The van der Waals surface area contributed by atoms with Gasteiger partial charge in [0, 0.05) is 18.3 Å². The van der Waals surface area contributed by atoms with E-state index in [1.807, 2.05) is 12.3 Å². The fourth-order valence-electron chi connectivity index (χ4n) is 2.29. The molecule has 1 aromatic rings. The van der Waals surface area contributed by atoms with Crippen molar-refractivity contribution in [2.24, 2.45) is 0 Å². The van der Waals surface area contributed by atoms with Crippen LogP contribution in [0.1, 0.15) is 70.1 Å². The van der Waals surface area contributed by atoms with Gasteiger partial charge in [-0.3, -0.25) is 4.98 Å². The quantitative estimate of drug-likeness (QED) is 0.638. The molecule has 19 heavy (non-hydrogen) atoms. The lowest BCUT2D eigenvalue weighted by Gasteiger charge is -2.10. The lowest BCUT2D eigenvalue weighted by atomic mass is 10.0. The molecule has 1 rings (SSSR count). The third-order valence-electron chi connectivity index (χ3n) is 3.63. The standard InChI is InChI=1S/C17H29NO/c1-3-5-6-7-8-9-10-17(19)13-16-12-11-15(4-2)14-18-16/h11-12,14,17,19H,3-10,13H2,1-2H3. The summed E-state index contributed by atoms with van der Waals surface area (Å²) in [6, 6.07) is 4.16. The first-order chi connectivity index (χ1) is 9.26. The van der Waals surface area contributed by atoms with E-state index in [1.54, 1.807) is 0 Å². The SMILES string of the molecule is CCCCCCCCC(O)Cc1ccc(CC)cn1. The molecule has 0 aliphatic carbocycles. The molecule has 2 heteroatoms. The zero-order valence-corrected chi connectivity index (χ0v) is 12.6. The molecular formula is C17H29NO. The first-order valence-corrected chi connectivity index (χ1v) is 7.88. The van der Waals surface area contributed by atoms with Gasteiger partial charge in [-0.25, -0.2) is 0 Å². The minimum Gasteiger partial charge on any atom is -0.393 e. The summed E-state index contributed by atoms with van der Waals surface area (Å²) >= 11 is 0. The average molecular weight is 263 g/mol. The highest BCUT2D eigenvalue weighted by atomic mass is 16.3. The van der Waals surface area contributed by atoms with Crippen LogP contribution in [0.4, 0.5) is 0 Å². The van der Waals surface area contributed by atoms with Gasteiger partial charge in [0.2, 0.25) is 0 Å². The maximum atomic E-state index is 9.99. The second kappa shape index (κ2) is 9.96. The van der Waals surface area contributed by atoms with E-state index in [0.29, 0.717) is 6.42 Å². The van der Waals surface area contributed by atoms with Crippen LogP contribution in [-0.4, -0.2) is 16.2 Å². The molecule has 0 aromatic carbocycles. The van der Waals surface area contributed by atoms with Crippen molar-refractivity contribution in [1.82, 2.24) is 4.98 Å². The van der Waals surface area contributed by atoms with Crippen molar-refractivity contribution in [3.05, 3.63) is 29.6 Å². The zero-order valence-electron chi connectivity index (χ0n) is 12.6. The Labute approximate surface area is 118 Å². The molecule has 0 spiro atoms. The number of nitrogens with zero attached hydrogens (tertiary/aromatic N) is 1. The van der Waals surface area contributed by atoms with E-state index in [9.17, 15) is 5.11 Å². The third-order valence-corrected chi connectivity index (χ3v) is 3.63. The molecule has 2 nitrogen and oxygen atoms in total. The van der Waals surface area contributed by atoms with E-state index in [1.165, 1.54) is 37.7 Å². The predicted molar refractivity (Wildman–Crippen MR) is 81.3 cm³/mol. The van der Waals surface area contributed by atoms with Crippen molar-refractivity contribution in [3.63, 3.8) is 0 Å². The number of pyridine rings is 1. The van der Waals surface area contributed by atoms with Gasteiger partial charge in [-0.1, -0.05) is 58.4 Å². The van der Waals surface area contributed by atoms with Gasteiger partial charge in [0.15, 0.2) is 0 Å². The van der Waals surface area contributed by atoms with Crippen LogP contribution in [0.25, 0.3) is 0 Å². The summed E-state index contributed by atoms with van der Waals surface area (Å²) < 4.78 is 0. The zero-order chi connectivity index (χ0) is 13.9. The molecule has 108 valence electrons. The van der Waals surface area contributed by atoms with Crippen molar-refractivity contribution in [3.8, 4) is 0 Å². The number of rotatable bonds is 10. The molecule has 1 unspecified atom stereocenters. The largest absolute Gasteiger partial charge is 0.393 e. The van der Waals surface area contributed by atoms with E-state index in [0.717, 1.165) is 25.0 Å². The lowest BCUT2D eigenvalue weighted by Crippen LogP contribution is -2.11. The smallest absolute Gasteiger partial charge is 0.0595 e. The van der Waals surface area contributed by atoms with Crippen LogP contribution < -0.4 is 0 Å². The maximum absolute atomic E-state index is 9.99. The van der Waals surface area contributed by atoms with Crippen LogP contribution in [0.3, 0.4) is 0 Å². The van der Waals surface area contributed by atoms with Gasteiger partial charge in [0.05, 0.1) is 6.10 Å². The van der Waals surface area contributed by atoms with E-state index < -0.39 is 0 Å². The molecule has 0 amide bonds.